The lowest BCUT2D eigenvalue weighted by atomic mass is 10.1. The molecule has 1 aliphatic rings. The Bertz CT molecular complexity index is 720. The van der Waals surface area contributed by atoms with E-state index in [2.05, 4.69) is 4.90 Å². The van der Waals surface area contributed by atoms with E-state index in [0.717, 1.165) is 36.6 Å². The summed E-state index contributed by atoms with van der Waals surface area (Å²) < 4.78 is 11.5. The first-order chi connectivity index (χ1) is 12.2. The van der Waals surface area contributed by atoms with Gasteiger partial charge in [0, 0.05) is 18.3 Å². The quantitative estimate of drug-likeness (QED) is 0.755. The van der Waals surface area contributed by atoms with Gasteiger partial charge in [0.15, 0.2) is 11.5 Å². The standard InChI is InChI=1S/C20H23NO4.ClH/c1-2-24-18-7-3-4-8-19(18)25-17-11-9-15(10-12-17)21-13-5-6-16(21)14-20(22)23;/h3-4,7-12,16H,2,5-6,13-14H2,1H3,(H,22,23);1H/t16-;/m0./s1. The molecule has 5 nitrogen and oxygen atoms in total. The highest BCUT2D eigenvalue weighted by atomic mass is 35.5. The molecule has 1 atom stereocenters. The molecule has 1 fully saturated rings. The van der Waals surface area contributed by atoms with E-state index in [1.807, 2.05) is 55.5 Å². The van der Waals surface area contributed by atoms with Crippen LogP contribution < -0.4 is 14.4 Å². The number of ether oxygens (including phenoxy) is 2. The predicted octanol–water partition coefficient (Wildman–Crippen LogP) is 4.74. The third-order valence-corrected chi connectivity index (χ3v) is 4.33. The van der Waals surface area contributed by atoms with Gasteiger partial charge in [-0.3, -0.25) is 4.79 Å². The average molecular weight is 378 g/mol. The average Bonchev–Trinajstić information content (AvgIpc) is 3.05. The number of aliphatic carboxylic acids is 1. The maximum Gasteiger partial charge on any atom is 0.305 e. The van der Waals surface area contributed by atoms with Crippen molar-refractivity contribution in [3.8, 4) is 17.2 Å². The summed E-state index contributed by atoms with van der Waals surface area (Å²) in [6.07, 6.45) is 2.13. The molecule has 2 aromatic rings. The summed E-state index contributed by atoms with van der Waals surface area (Å²) in [5.41, 5.74) is 1.04. The first-order valence-electron chi connectivity index (χ1n) is 8.65. The van der Waals surface area contributed by atoms with Crippen LogP contribution in [0.4, 0.5) is 5.69 Å². The topological polar surface area (TPSA) is 59.0 Å². The number of carboxylic acids is 1. The van der Waals surface area contributed by atoms with E-state index >= 15 is 0 Å². The highest BCUT2D eigenvalue weighted by Crippen LogP contribution is 2.33. The van der Waals surface area contributed by atoms with Crippen LogP contribution in [0.3, 0.4) is 0 Å². The molecule has 2 aromatic carbocycles. The van der Waals surface area contributed by atoms with Gasteiger partial charge in [-0.2, -0.15) is 0 Å². The van der Waals surface area contributed by atoms with Crippen LogP contribution in [-0.2, 0) is 4.79 Å². The van der Waals surface area contributed by atoms with Crippen molar-refractivity contribution in [3.05, 3.63) is 48.5 Å². The smallest absolute Gasteiger partial charge is 0.305 e. The minimum Gasteiger partial charge on any atom is -0.490 e. The zero-order chi connectivity index (χ0) is 17.6. The van der Waals surface area contributed by atoms with Gasteiger partial charge in [-0.15, -0.1) is 12.4 Å². The molecule has 0 radical (unpaired) electrons. The van der Waals surface area contributed by atoms with Crippen LogP contribution in [0.15, 0.2) is 48.5 Å². The molecular weight excluding hydrogens is 354 g/mol. The maximum atomic E-state index is 11.0. The summed E-state index contributed by atoms with van der Waals surface area (Å²) in [6, 6.07) is 15.4. The Kier molecular flexibility index (Phi) is 7.16. The van der Waals surface area contributed by atoms with Gasteiger partial charge >= 0.3 is 5.97 Å². The summed E-state index contributed by atoms with van der Waals surface area (Å²) in [4.78, 5) is 13.2. The van der Waals surface area contributed by atoms with Crippen molar-refractivity contribution in [2.45, 2.75) is 32.2 Å². The van der Waals surface area contributed by atoms with E-state index in [-0.39, 0.29) is 24.9 Å². The zero-order valence-electron chi connectivity index (χ0n) is 14.8. The number of anilines is 1. The van der Waals surface area contributed by atoms with E-state index in [1.165, 1.54) is 0 Å². The number of hydrogen-bond donors (Lipinski definition) is 1. The Morgan fingerprint density at radius 1 is 1.15 bits per heavy atom. The fraction of sp³-hybridized carbons (Fsp3) is 0.350. The van der Waals surface area contributed by atoms with Crippen molar-refractivity contribution in [2.24, 2.45) is 0 Å². The molecule has 3 rings (SSSR count). The summed E-state index contributed by atoms with van der Waals surface area (Å²) in [6.45, 7) is 3.42. The molecule has 1 aliphatic heterocycles. The fourth-order valence-corrected chi connectivity index (χ4v) is 3.23. The number of carbonyl (C=O) groups is 1. The summed E-state index contributed by atoms with van der Waals surface area (Å²) in [5.74, 6) is 1.38. The Morgan fingerprint density at radius 3 is 2.50 bits per heavy atom. The van der Waals surface area contributed by atoms with Gasteiger partial charge in [-0.05, 0) is 56.2 Å². The molecule has 0 aromatic heterocycles. The molecule has 6 heteroatoms. The third kappa shape index (κ3) is 4.82. The summed E-state index contributed by atoms with van der Waals surface area (Å²) in [5, 5.41) is 9.06. The number of halogens is 1. The second kappa shape index (κ2) is 9.34. The lowest BCUT2D eigenvalue weighted by molar-refractivity contribution is -0.137. The van der Waals surface area contributed by atoms with Gasteiger partial charge in [0.2, 0.25) is 0 Å². The molecule has 1 N–H and O–H groups in total. The molecule has 26 heavy (non-hydrogen) atoms. The van der Waals surface area contributed by atoms with Crippen molar-refractivity contribution in [1.82, 2.24) is 0 Å². The number of para-hydroxylation sites is 2. The minimum atomic E-state index is -0.746. The Balaban J connectivity index is 0.00000243. The molecule has 1 heterocycles. The number of benzene rings is 2. The van der Waals surface area contributed by atoms with Crippen LogP contribution in [-0.4, -0.2) is 30.3 Å². The maximum absolute atomic E-state index is 11.0. The Morgan fingerprint density at radius 2 is 1.85 bits per heavy atom. The van der Waals surface area contributed by atoms with Crippen molar-refractivity contribution in [3.63, 3.8) is 0 Å². The molecule has 0 saturated carbocycles. The van der Waals surface area contributed by atoms with Gasteiger partial charge in [0.05, 0.1) is 13.0 Å². The Hall–Kier alpha value is -2.40. The van der Waals surface area contributed by atoms with Crippen molar-refractivity contribution >= 4 is 24.1 Å². The molecule has 0 unspecified atom stereocenters. The number of rotatable bonds is 7. The molecule has 0 bridgehead atoms. The second-order valence-corrected chi connectivity index (χ2v) is 6.06. The van der Waals surface area contributed by atoms with E-state index in [1.54, 1.807) is 0 Å². The van der Waals surface area contributed by atoms with Crippen LogP contribution in [0.25, 0.3) is 0 Å². The fourth-order valence-electron chi connectivity index (χ4n) is 3.23. The molecular formula is C20H24ClNO4. The first-order valence-corrected chi connectivity index (χ1v) is 8.65. The third-order valence-electron chi connectivity index (χ3n) is 4.33. The second-order valence-electron chi connectivity index (χ2n) is 6.06. The lowest BCUT2D eigenvalue weighted by Crippen LogP contribution is -2.31. The van der Waals surface area contributed by atoms with Crippen LogP contribution in [0.1, 0.15) is 26.2 Å². The van der Waals surface area contributed by atoms with E-state index in [0.29, 0.717) is 12.4 Å². The van der Waals surface area contributed by atoms with Crippen LogP contribution in [0.2, 0.25) is 0 Å². The predicted molar refractivity (Wildman–Crippen MR) is 104 cm³/mol. The van der Waals surface area contributed by atoms with Crippen molar-refractivity contribution in [2.75, 3.05) is 18.1 Å². The van der Waals surface area contributed by atoms with E-state index in [4.69, 9.17) is 14.6 Å². The van der Waals surface area contributed by atoms with Gasteiger partial charge in [-0.1, -0.05) is 12.1 Å². The SMILES string of the molecule is CCOc1ccccc1Oc1ccc(N2CCC[C@H]2CC(=O)O)cc1.Cl. The van der Waals surface area contributed by atoms with E-state index in [9.17, 15) is 4.79 Å². The zero-order valence-corrected chi connectivity index (χ0v) is 15.6. The Labute approximate surface area is 159 Å². The van der Waals surface area contributed by atoms with Gasteiger partial charge < -0.3 is 19.5 Å². The first kappa shape index (κ1) is 19.9. The molecule has 0 aliphatic carbocycles. The van der Waals surface area contributed by atoms with Gasteiger partial charge in [0.25, 0.3) is 0 Å². The summed E-state index contributed by atoms with van der Waals surface area (Å²) >= 11 is 0. The van der Waals surface area contributed by atoms with Gasteiger partial charge in [0.1, 0.15) is 5.75 Å². The number of carboxylic acid groups (broad SMARTS) is 1. The number of nitrogens with zero attached hydrogens (tertiary/aromatic N) is 1. The lowest BCUT2D eigenvalue weighted by Gasteiger charge is -2.25. The number of hydrogen-bond acceptors (Lipinski definition) is 4. The normalized spacial score (nSPS) is 16.0. The van der Waals surface area contributed by atoms with Crippen molar-refractivity contribution in [1.29, 1.82) is 0 Å². The van der Waals surface area contributed by atoms with Crippen molar-refractivity contribution < 1.29 is 19.4 Å². The molecule has 0 spiro atoms. The highest BCUT2D eigenvalue weighted by molar-refractivity contribution is 5.85. The van der Waals surface area contributed by atoms with Crippen LogP contribution in [0.5, 0.6) is 17.2 Å². The largest absolute Gasteiger partial charge is 0.490 e. The molecule has 140 valence electrons. The molecule has 0 amide bonds. The van der Waals surface area contributed by atoms with Crippen LogP contribution in [0, 0.1) is 0 Å². The monoisotopic (exact) mass is 377 g/mol. The van der Waals surface area contributed by atoms with E-state index < -0.39 is 5.97 Å². The molecule has 1 saturated heterocycles. The van der Waals surface area contributed by atoms with Crippen LogP contribution >= 0.6 is 12.4 Å². The minimum absolute atomic E-state index is 0. The summed E-state index contributed by atoms with van der Waals surface area (Å²) in [7, 11) is 0. The van der Waals surface area contributed by atoms with Gasteiger partial charge in [-0.25, -0.2) is 0 Å². The highest BCUT2D eigenvalue weighted by Gasteiger charge is 2.26.